The van der Waals surface area contributed by atoms with Gasteiger partial charge in [0.2, 0.25) is 0 Å². The Kier molecular flexibility index (Phi) is 4.91. The zero-order chi connectivity index (χ0) is 14.5. The first-order valence-electron chi connectivity index (χ1n) is 7.41. The topological polar surface area (TPSA) is 24.9 Å². The predicted molar refractivity (Wildman–Crippen MR) is 85.1 cm³/mol. The van der Waals surface area contributed by atoms with Gasteiger partial charge < -0.3 is 5.32 Å². The highest BCUT2D eigenvalue weighted by Gasteiger charge is 2.13. The Hall–Kier alpha value is -1.67. The second kappa shape index (κ2) is 6.67. The van der Waals surface area contributed by atoms with E-state index in [1.165, 1.54) is 16.7 Å². The Balaban J connectivity index is 2.38. The lowest BCUT2D eigenvalue weighted by atomic mass is 9.97. The standard InChI is InChI=1S/C18H24N2/c1-5-15-7-9-16(10-8-15)18(19-6-2)17-11-13(3)20-14(4)12-17/h7-12,18-19H,5-6H2,1-4H3. The molecule has 1 N–H and O–H groups in total. The van der Waals surface area contributed by atoms with Crippen molar-refractivity contribution in [1.29, 1.82) is 0 Å². The van der Waals surface area contributed by atoms with Crippen molar-refractivity contribution in [2.75, 3.05) is 6.54 Å². The molecule has 0 radical (unpaired) electrons. The Morgan fingerprint density at radius 2 is 1.55 bits per heavy atom. The number of nitrogens with zero attached hydrogens (tertiary/aromatic N) is 1. The highest BCUT2D eigenvalue weighted by Crippen LogP contribution is 2.23. The maximum absolute atomic E-state index is 4.47. The van der Waals surface area contributed by atoms with Gasteiger partial charge in [-0.25, -0.2) is 0 Å². The lowest BCUT2D eigenvalue weighted by Crippen LogP contribution is -2.22. The van der Waals surface area contributed by atoms with E-state index in [0.29, 0.717) is 0 Å². The van der Waals surface area contributed by atoms with Crippen LogP contribution in [-0.2, 0) is 6.42 Å². The molecule has 106 valence electrons. The van der Waals surface area contributed by atoms with Crippen LogP contribution in [0.4, 0.5) is 0 Å². The summed E-state index contributed by atoms with van der Waals surface area (Å²) >= 11 is 0. The maximum Gasteiger partial charge on any atom is 0.0577 e. The maximum atomic E-state index is 4.47. The summed E-state index contributed by atoms with van der Waals surface area (Å²) in [6.45, 7) is 9.39. The smallest absolute Gasteiger partial charge is 0.0577 e. The number of benzene rings is 1. The van der Waals surface area contributed by atoms with Crippen molar-refractivity contribution in [2.45, 2.75) is 40.2 Å². The first-order chi connectivity index (χ1) is 9.63. The second-order valence-corrected chi connectivity index (χ2v) is 5.27. The molecule has 0 saturated carbocycles. The molecule has 1 unspecified atom stereocenters. The van der Waals surface area contributed by atoms with Crippen molar-refractivity contribution in [3.8, 4) is 0 Å². The molecule has 2 rings (SSSR count). The van der Waals surface area contributed by atoms with Crippen LogP contribution in [0.5, 0.6) is 0 Å². The first kappa shape index (κ1) is 14.7. The molecule has 1 atom stereocenters. The van der Waals surface area contributed by atoms with Crippen molar-refractivity contribution < 1.29 is 0 Å². The summed E-state index contributed by atoms with van der Waals surface area (Å²) in [5.74, 6) is 0. The van der Waals surface area contributed by atoms with Gasteiger partial charge in [0.25, 0.3) is 0 Å². The molecule has 0 fully saturated rings. The molecule has 1 aromatic heterocycles. The Morgan fingerprint density at radius 3 is 2.05 bits per heavy atom. The van der Waals surface area contributed by atoms with Crippen LogP contribution in [0.3, 0.4) is 0 Å². The molecule has 20 heavy (non-hydrogen) atoms. The van der Waals surface area contributed by atoms with Gasteiger partial charge in [0.05, 0.1) is 6.04 Å². The Bertz CT molecular complexity index is 538. The highest BCUT2D eigenvalue weighted by molar-refractivity contribution is 5.35. The van der Waals surface area contributed by atoms with Gasteiger partial charge in [-0.2, -0.15) is 0 Å². The van der Waals surface area contributed by atoms with Crippen LogP contribution in [0.2, 0.25) is 0 Å². The van der Waals surface area contributed by atoms with Gasteiger partial charge in [-0.1, -0.05) is 38.1 Å². The van der Waals surface area contributed by atoms with Crippen molar-refractivity contribution in [3.05, 3.63) is 64.5 Å². The van der Waals surface area contributed by atoms with Crippen LogP contribution < -0.4 is 5.32 Å². The van der Waals surface area contributed by atoms with Gasteiger partial charge in [-0.15, -0.1) is 0 Å². The molecule has 0 aliphatic carbocycles. The number of rotatable bonds is 5. The molecule has 0 bridgehead atoms. The van der Waals surface area contributed by atoms with E-state index >= 15 is 0 Å². The molecule has 0 aliphatic heterocycles. The molecule has 1 heterocycles. The minimum atomic E-state index is 0.242. The molecule has 2 heteroatoms. The summed E-state index contributed by atoms with van der Waals surface area (Å²) in [6.07, 6.45) is 1.08. The SMILES string of the molecule is CCNC(c1ccc(CC)cc1)c1cc(C)nc(C)c1. The van der Waals surface area contributed by atoms with Gasteiger partial charge in [-0.3, -0.25) is 4.98 Å². The summed E-state index contributed by atoms with van der Waals surface area (Å²) in [6, 6.07) is 13.5. The largest absolute Gasteiger partial charge is 0.307 e. The number of nitrogens with one attached hydrogen (secondary N) is 1. The Morgan fingerprint density at radius 1 is 0.950 bits per heavy atom. The van der Waals surface area contributed by atoms with Crippen molar-refractivity contribution in [3.63, 3.8) is 0 Å². The van der Waals surface area contributed by atoms with Crippen molar-refractivity contribution in [1.82, 2.24) is 10.3 Å². The molecule has 0 aliphatic rings. The van der Waals surface area contributed by atoms with Crippen LogP contribution in [0.1, 0.15) is 48.0 Å². The molecule has 0 saturated heterocycles. The van der Waals surface area contributed by atoms with Gasteiger partial charge in [0.15, 0.2) is 0 Å². The van der Waals surface area contributed by atoms with E-state index in [2.05, 4.69) is 74.4 Å². The van der Waals surface area contributed by atoms with Gasteiger partial charge >= 0.3 is 0 Å². The zero-order valence-electron chi connectivity index (χ0n) is 12.9. The third kappa shape index (κ3) is 3.45. The van der Waals surface area contributed by atoms with E-state index in [-0.39, 0.29) is 6.04 Å². The number of hydrogen-bond acceptors (Lipinski definition) is 2. The van der Waals surface area contributed by atoms with Crippen molar-refractivity contribution in [2.24, 2.45) is 0 Å². The van der Waals surface area contributed by atoms with Crippen LogP contribution in [0, 0.1) is 13.8 Å². The van der Waals surface area contributed by atoms with E-state index in [1.54, 1.807) is 0 Å². The number of hydrogen-bond donors (Lipinski definition) is 1. The average Bonchev–Trinajstić information content (AvgIpc) is 2.44. The number of pyridine rings is 1. The van der Waals surface area contributed by atoms with E-state index in [4.69, 9.17) is 0 Å². The highest BCUT2D eigenvalue weighted by atomic mass is 14.9. The number of aromatic nitrogens is 1. The quantitative estimate of drug-likeness (QED) is 0.888. The molecule has 2 nitrogen and oxygen atoms in total. The van der Waals surface area contributed by atoms with Crippen LogP contribution in [-0.4, -0.2) is 11.5 Å². The average molecular weight is 268 g/mol. The second-order valence-electron chi connectivity index (χ2n) is 5.27. The summed E-state index contributed by atoms with van der Waals surface area (Å²) in [5.41, 5.74) is 6.14. The summed E-state index contributed by atoms with van der Waals surface area (Å²) in [5, 5.41) is 3.58. The number of aryl methyl sites for hydroxylation is 3. The zero-order valence-corrected chi connectivity index (χ0v) is 12.9. The summed E-state index contributed by atoms with van der Waals surface area (Å²) in [7, 11) is 0. The third-order valence-electron chi connectivity index (χ3n) is 3.57. The van der Waals surface area contributed by atoms with E-state index in [9.17, 15) is 0 Å². The van der Waals surface area contributed by atoms with Crippen LogP contribution in [0.15, 0.2) is 36.4 Å². The van der Waals surface area contributed by atoms with Crippen LogP contribution >= 0.6 is 0 Å². The summed E-state index contributed by atoms with van der Waals surface area (Å²) in [4.78, 5) is 4.47. The third-order valence-corrected chi connectivity index (χ3v) is 3.57. The molecule has 1 aromatic carbocycles. The van der Waals surface area contributed by atoms with E-state index in [0.717, 1.165) is 24.4 Å². The lowest BCUT2D eigenvalue weighted by molar-refractivity contribution is 0.628. The Labute approximate surface area is 122 Å². The lowest BCUT2D eigenvalue weighted by Gasteiger charge is -2.20. The monoisotopic (exact) mass is 268 g/mol. The van der Waals surface area contributed by atoms with Gasteiger partial charge in [0.1, 0.15) is 0 Å². The predicted octanol–water partition coefficient (Wildman–Crippen LogP) is 3.96. The van der Waals surface area contributed by atoms with Crippen LogP contribution in [0.25, 0.3) is 0 Å². The normalized spacial score (nSPS) is 12.4. The van der Waals surface area contributed by atoms with Crippen molar-refractivity contribution >= 4 is 0 Å². The van der Waals surface area contributed by atoms with Gasteiger partial charge in [-0.05, 0) is 55.6 Å². The van der Waals surface area contributed by atoms with E-state index < -0.39 is 0 Å². The first-order valence-corrected chi connectivity index (χ1v) is 7.41. The fourth-order valence-corrected chi connectivity index (χ4v) is 2.61. The minimum Gasteiger partial charge on any atom is -0.307 e. The fraction of sp³-hybridized carbons (Fsp3) is 0.389. The fourth-order valence-electron chi connectivity index (χ4n) is 2.61. The molecule has 0 amide bonds. The molecule has 2 aromatic rings. The summed E-state index contributed by atoms with van der Waals surface area (Å²) < 4.78 is 0. The molecular formula is C18H24N2. The van der Waals surface area contributed by atoms with E-state index in [1.807, 2.05) is 0 Å². The minimum absolute atomic E-state index is 0.242. The molecule has 0 spiro atoms. The molecular weight excluding hydrogens is 244 g/mol. The van der Waals surface area contributed by atoms with Gasteiger partial charge in [0, 0.05) is 11.4 Å².